The maximum absolute atomic E-state index is 13.1. The average molecular weight is 439 g/mol. The molecule has 8 nitrogen and oxygen atoms in total. The van der Waals surface area contributed by atoms with E-state index in [1.54, 1.807) is 11.0 Å². The number of halogens is 1. The Morgan fingerprint density at radius 1 is 1.10 bits per heavy atom. The Kier molecular flexibility index (Phi) is 5.54. The fraction of sp³-hybridized carbons (Fsp3) is 0.474. The molecule has 2 aliphatic rings. The molecular formula is C19H23ClN4O4S. The van der Waals surface area contributed by atoms with Crippen molar-refractivity contribution in [3.8, 4) is 5.75 Å². The zero-order valence-electron chi connectivity index (χ0n) is 16.2. The molecule has 0 aliphatic carbocycles. The van der Waals surface area contributed by atoms with Gasteiger partial charge in [-0.05, 0) is 43.5 Å². The number of piperazine rings is 1. The molecular weight excluding hydrogens is 416 g/mol. The minimum atomic E-state index is -3.78. The Morgan fingerprint density at radius 3 is 2.55 bits per heavy atom. The van der Waals surface area contributed by atoms with E-state index in [1.165, 1.54) is 23.5 Å². The van der Waals surface area contributed by atoms with Gasteiger partial charge >= 0.3 is 0 Å². The summed E-state index contributed by atoms with van der Waals surface area (Å²) in [7, 11) is -2.36. The van der Waals surface area contributed by atoms with Crippen molar-refractivity contribution in [2.24, 2.45) is 0 Å². The van der Waals surface area contributed by atoms with E-state index in [4.69, 9.17) is 16.3 Å². The predicted octanol–water partition coefficient (Wildman–Crippen LogP) is 2.03. The number of carbonyl (C=O) groups is 1. The molecule has 2 aliphatic heterocycles. The van der Waals surface area contributed by atoms with E-state index < -0.39 is 10.0 Å². The summed E-state index contributed by atoms with van der Waals surface area (Å²) in [5.74, 6) is 0.0979. The highest BCUT2D eigenvalue weighted by molar-refractivity contribution is 7.89. The van der Waals surface area contributed by atoms with Crippen molar-refractivity contribution in [2.75, 3.05) is 33.3 Å². The smallest absolute Gasteiger partial charge is 0.274 e. The van der Waals surface area contributed by atoms with Gasteiger partial charge in [-0.25, -0.2) is 8.42 Å². The second-order valence-corrected chi connectivity index (χ2v) is 9.54. The molecule has 0 spiro atoms. The molecule has 0 bridgehead atoms. The van der Waals surface area contributed by atoms with Gasteiger partial charge in [0, 0.05) is 43.4 Å². The number of aromatic nitrogens is 2. The van der Waals surface area contributed by atoms with Gasteiger partial charge in [-0.3, -0.25) is 9.48 Å². The molecule has 0 radical (unpaired) electrons. The topological polar surface area (TPSA) is 84.7 Å². The Morgan fingerprint density at radius 2 is 1.86 bits per heavy atom. The number of hydrogen-bond donors (Lipinski definition) is 0. The van der Waals surface area contributed by atoms with Gasteiger partial charge < -0.3 is 9.64 Å². The number of ether oxygens (including phenoxy) is 1. The molecule has 0 saturated carbocycles. The quantitative estimate of drug-likeness (QED) is 0.729. The van der Waals surface area contributed by atoms with Crippen LogP contribution in [-0.4, -0.2) is 66.6 Å². The fourth-order valence-corrected chi connectivity index (χ4v) is 5.65. The van der Waals surface area contributed by atoms with Gasteiger partial charge in [0.2, 0.25) is 10.0 Å². The van der Waals surface area contributed by atoms with Crippen LogP contribution in [-0.2, 0) is 23.0 Å². The Balaban J connectivity index is 1.47. The zero-order chi connectivity index (χ0) is 20.6. The van der Waals surface area contributed by atoms with Crippen molar-refractivity contribution in [1.29, 1.82) is 0 Å². The third-order valence-electron chi connectivity index (χ3n) is 5.40. The molecule has 0 N–H and O–H groups in total. The van der Waals surface area contributed by atoms with E-state index >= 15 is 0 Å². The van der Waals surface area contributed by atoms with E-state index in [-0.39, 0.29) is 29.6 Å². The van der Waals surface area contributed by atoms with E-state index in [9.17, 15) is 13.2 Å². The van der Waals surface area contributed by atoms with Crippen molar-refractivity contribution < 1.29 is 17.9 Å². The van der Waals surface area contributed by atoms with Crippen molar-refractivity contribution in [3.63, 3.8) is 0 Å². The summed E-state index contributed by atoms with van der Waals surface area (Å²) >= 11 is 5.99. The molecule has 1 saturated heterocycles. The summed E-state index contributed by atoms with van der Waals surface area (Å²) in [6.07, 6.45) is 3.13. The Hall–Kier alpha value is -2.10. The number of benzene rings is 1. The van der Waals surface area contributed by atoms with Gasteiger partial charge in [0.25, 0.3) is 5.91 Å². The van der Waals surface area contributed by atoms with Gasteiger partial charge in [0.15, 0.2) is 5.69 Å². The summed E-state index contributed by atoms with van der Waals surface area (Å²) < 4.78 is 34.6. The predicted molar refractivity (Wildman–Crippen MR) is 108 cm³/mol. The molecule has 4 rings (SSSR count). The van der Waals surface area contributed by atoms with Crippen LogP contribution in [0.2, 0.25) is 5.02 Å². The fourth-order valence-electron chi connectivity index (χ4n) is 3.81. The summed E-state index contributed by atoms with van der Waals surface area (Å²) in [5, 5.41) is 4.76. The summed E-state index contributed by atoms with van der Waals surface area (Å²) in [5.41, 5.74) is 1.53. The number of rotatable bonds is 4. The van der Waals surface area contributed by atoms with Crippen LogP contribution in [0.5, 0.6) is 5.75 Å². The van der Waals surface area contributed by atoms with Crippen LogP contribution in [0, 0.1) is 0 Å². The second-order valence-electron chi connectivity index (χ2n) is 7.19. The van der Waals surface area contributed by atoms with E-state index in [0.717, 1.165) is 31.5 Å². The minimum absolute atomic E-state index is 0.0362. The van der Waals surface area contributed by atoms with Crippen molar-refractivity contribution >= 4 is 27.5 Å². The molecule has 1 aromatic heterocycles. The molecule has 1 aromatic carbocycles. The lowest BCUT2D eigenvalue weighted by Crippen LogP contribution is -2.50. The van der Waals surface area contributed by atoms with E-state index in [1.807, 2.05) is 10.7 Å². The molecule has 156 valence electrons. The first-order chi connectivity index (χ1) is 13.9. The van der Waals surface area contributed by atoms with Crippen LogP contribution in [0.25, 0.3) is 0 Å². The lowest BCUT2D eigenvalue weighted by Gasteiger charge is -2.33. The van der Waals surface area contributed by atoms with Crippen LogP contribution >= 0.6 is 11.6 Å². The molecule has 2 aromatic rings. The highest BCUT2D eigenvalue weighted by Crippen LogP contribution is 2.30. The molecule has 29 heavy (non-hydrogen) atoms. The third kappa shape index (κ3) is 3.86. The first-order valence-corrected chi connectivity index (χ1v) is 11.4. The largest absolute Gasteiger partial charge is 0.495 e. The Bertz CT molecular complexity index is 1010. The van der Waals surface area contributed by atoms with Crippen LogP contribution < -0.4 is 4.74 Å². The normalized spacial score (nSPS) is 17.8. The maximum atomic E-state index is 13.1. The number of fused-ring (bicyclic) bond motifs is 1. The molecule has 10 heteroatoms. The minimum Gasteiger partial charge on any atom is -0.495 e. The Labute approximate surface area is 175 Å². The number of aryl methyl sites for hydroxylation is 2. The first-order valence-electron chi connectivity index (χ1n) is 9.60. The van der Waals surface area contributed by atoms with Crippen molar-refractivity contribution in [2.45, 2.75) is 30.7 Å². The van der Waals surface area contributed by atoms with Gasteiger partial charge in [-0.2, -0.15) is 9.40 Å². The van der Waals surface area contributed by atoms with Crippen LogP contribution in [0.15, 0.2) is 29.2 Å². The number of methoxy groups -OCH3 is 1. The number of nitrogens with zero attached hydrogens (tertiary/aromatic N) is 4. The molecule has 3 heterocycles. The van der Waals surface area contributed by atoms with Gasteiger partial charge in [-0.15, -0.1) is 0 Å². The number of sulfonamides is 1. The second kappa shape index (κ2) is 7.97. The van der Waals surface area contributed by atoms with Crippen LogP contribution in [0.4, 0.5) is 0 Å². The molecule has 1 amide bonds. The summed E-state index contributed by atoms with van der Waals surface area (Å²) in [6, 6.07) is 6.38. The number of hydrogen-bond acceptors (Lipinski definition) is 5. The standard InChI is InChI=1S/C19H23ClN4O4S/c1-28-17-6-5-14(20)12-18(17)29(26,27)23-10-8-22(9-11-23)19(25)16-13-15-4-2-3-7-24(15)21-16/h5-6,12-13H,2-4,7-11H2,1H3. The van der Waals surface area contributed by atoms with Crippen molar-refractivity contribution in [3.05, 3.63) is 40.7 Å². The lowest BCUT2D eigenvalue weighted by atomic mass is 10.1. The monoisotopic (exact) mass is 438 g/mol. The van der Waals surface area contributed by atoms with Crippen molar-refractivity contribution in [1.82, 2.24) is 19.0 Å². The highest BCUT2D eigenvalue weighted by atomic mass is 35.5. The van der Waals surface area contributed by atoms with E-state index in [0.29, 0.717) is 23.8 Å². The van der Waals surface area contributed by atoms with Crippen LogP contribution in [0.3, 0.4) is 0 Å². The first kappa shape index (κ1) is 20.2. The molecule has 0 atom stereocenters. The van der Waals surface area contributed by atoms with Gasteiger partial charge in [0.05, 0.1) is 7.11 Å². The maximum Gasteiger partial charge on any atom is 0.274 e. The zero-order valence-corrected chi connectivity index (χ0v) is 17.7. The molecule has 1 fully saturated rings. The van der Waals surface area contributed by atoms with Gasteiger partial charge in [-0.1, -0.05) is 11.6 Å². The number of carbonyl (C=O) groups excluding carboxylic acids is 1. The highest BCUT2D eigenvalue weighted by Gasteiger charge is 2.33. The lowest BCUT2D eigenvalue weighted by molar-refractivity contribution is 0.0691. The van der Waals surface area contributed by atoms with Gasteiger partial charge in [0.1, 0.15) is 10.6 Å². The molecule has 0 unspecified atom stereocenters. The van der Waals surface area contributed by atoms with Crippen LogP contribution in [0.1, 0.15) is 29.0 Å². The summed E-state index contributed by atoms with van der Waals surface area (Å²) in [4.78, 5) is 14.5. The third-order valence-corrected chi connectivity index (χ3v) is 7.56. The average Bonchev–Trinajstić information content (AvgIpc) is 3.17. The summed E-state index contributed by atoms with van der Waals surface area (Å²) in [6.45, 7) is 1.87. The number of amides is 1. The van der Waals surface area contributed by atoms with E-state index in [2.05, 4.69) is 5.10 Å². The SMILES string of the molecule is COc1ccc(Cl)cc1S(=O)(=O)N1CCN(C(=O)c2cc3n(n2)CCCC3)CC1.